The van der Waals surface area contributed by atoms with Crippen LogP contribution in [0.15, 0.2) is 28.7 Å². The molecule has 2 aromatic rings. The Labute approximate surface area is 126 Å². The first-order valence-electron chi connectivity index (χ1n) is 6.47. The fraction of sp³-hybridized carbons (Fsp3) is 0.333. The SMILES string of the molecule is CCc1nnc(C)cc1C(O)Cc1cccc(F)c1Br. The van der Waals surface area contributed by atoms with Crippen LogP contribution in [0.5, 0.6) is 0 Å². The van der Waals surface area contributed by atoms with Gasteiger partial charge in [-0.15, -0.1) is 0 Å². The van der Waals surface area contributed by atoms with Gasteiger partial charge in [-0.1, -0.05) is 19.1 Å². The maximum atomic E-state index is 13.5. The van der Waals surface area contributed by atoms with Crippen molar-refractivity contribution in [3.63, 3.8) is 0 Å². The van der Waals surface area contributed by atoms with Crippen LogP contribution in [0.2, 0.25) is 0 Å². The average molecular weight is 339 g/mol. The molecule has 5 heteroatoms. The summed E-state index contributed by atoms with van der Waals surface area (Å²) in [7, 11) is 0. The molecule has 1 aromatic carbocycles. The monoisotopic (exact) mass is 338 g/mol. The van der Waals surface area contributed by atoms with Gasteiger partial charge < -0.3 is 5.11 Å². The summed E-state index contributed by atoms with van der Waals surface area (Å²) in [5, 5.41) is 18.5. The van der Waals surface area contributed by atoms with Crippen molar-refractivity contribution >= 4 is 15.9 Å². The van der Waals surface area contributed by atoms with Crippen molar-refractivity contribution in [2.75, 3.05) is 0 Å². The second kappa shape index (κ2) is 6.41. The average Bonchev–Trinajstić information content (AvgIpc) is 2.43. The molecular formula is C15H16BrFN2O. The summed E-state index contributed by atoms with van der Waals surface area (Å²) >= 11 is 3.22. The molecule has 0 amide bonds. The smallest absolute Gasteiger partial charge is 0.137 e. The molecule has 0 bridgehead atoms. The highest BCUT2D eigenvalue weighted by molar-refractivity contribution is 9.10. The molecule has 3 nitrogen and oxygen atoms in total. The standard InChI is InChI=1S/C15H16BrFN2O/c1-3-13-11(7-9(2)18-19-13)14(20)8-10-5-4-6-12(17)15(10)16/h4-7,14,20H,3,8H2,1-2H3. The zero-order chi connectivity index (χ0) is 14.7. The highest BCUT2D eigenvalue weighted by Crippen LogP contribution is 2.27. The van der Waals surface area contributed by atoms with Crippen LogP contribution in [-0.4, -0.2) is 15.3 Å². The molecular weight excluding hydrogens is 323 g/mol. The van der Waals surface area contributed by atoms with Crippen molar-refractivity contribution in [1.82, 2.24) is 10.2 Å². The van der Waals surface area contributed by atoms with Gasteiger partial charge in [-0.2, -0.15) is 10.2 Å². The van der Waals surface area contributed by atoms with Gasteiger partial charge in [0.15, 0.2) is 0 Å². The van der Waals surface area contributed by atoms with Gasteiger partial charge in [-0.3, -0.25) is 0 Å². The van der Waals surface area contributed by atoms with E-state index < -0.39 is 6.10 Å². The number of aromatic nitrogens is 2. The van der Waals surface area contributed by atoms with E-state index in [0.29, 0.717) is 17.3 Å². The zero-order valence-corrected chi connectivity index (χ0v) is 13.0. The molecule has 1 unspecified atom stereocenters. The summed E-state index contributed by atoms with van der Waals surface area (Å²) in [6.45, 7) is 3.80. The van der Waals surface area contributed by atoms with E-state index in [4.69, 9.17) is 0 Å². The maximum absolute atomic E-state index is 13.5. The van der Waals surface area contributed by atoms with Crippen molar-refractivity contribution in [1.29, 1.82) is 0 Å². The Bertz CT molecular complexity index is 619. The van der Waals surface area contributed by atoms with Crippen molar-refractivity contribution in [2.24, 2.45) is 0 Å². The van der Waals surface area contributed by atoms with E-state index in [0.717, 1.165) is 22.5 Å². The number of aliphatic hydroxyl groups is 1. The zero-order valence-electron chi connectivity index (χ0n) is 11.4. The molecule has 0 saturated carbocycles. The lowest BCUT2D eigenvalue weighted by Crippen LogP contribution is -2.09. The van der Waals surface area contributed by atoms with Crippen LogP contribution in [0.3, 0.4) is 0 Å². The summed E-state index contributed by atoms with van der Waals surface area (Å²) in [5.41, 5.74) is 3.02. The number of nitrogens with zero attached hydrogens (tertiary/aromatic N) is 2. The fourth-order valence-electron chi connectivity index (χ4n) is 2.12. The lowest BCUT2D eigenvalue weighted by atomic mass is 9.99. The molecule has 1 heterocycles. The minimum Gasteiger partial charge on any atom is -0.388 e. The summed E-state index contributed by atoms with van der Waals surface area (Å²) in [6.07, 6.45) is 0.303. The first-order valence-corrected chi connectivity index (χ1v) is 7.26. The van der Waals surface area contributed by atoms with E-state index in [1.165, 1.54) is 6.07 Å². The molecule has 0 radical (unpaired) electrons. The number of rotatable bonds is 4. The van der Waals surface area contributed by atoms with Crippen molar-refractivity contribution in [2.45, 2.75) is 32.8 Å². The van der Waals surface area contributed by atoms with E-state index in [1.807, 2.05) is 19.9 Å². The number of hydrogen-bond donors (Lipinski definition) is 1. The second-order valence-corrected chi connectivity index (χ2v) is 5.47. The van der Waals surface area contributed by atoms with Crippen LogP contribution >= 0.6 is 15.9 Å². The van der Waals surface area contributed by atoms with Crippen LogP contribution in [0.1, 0.15) is 35.5 Å². The van der Waals surface area contributed by atoms with Gasteiger partial charge in [0, 0.05) is 12.0 Å². The van der Waals surface area contributed by atoms with Gasteiger partial charge in [0.25, 0.3) is 0 Å². The molecule has 1 N–H and O–H groups in total. The highest BCUT2D eigenvalue weighted by Gasteiger charge is 2.16. The summed E-state index contributed by atoms with van der Waals surface area (Å²) in [4.78, 5) is 0. The van der Waals surface area contributed by atoms with Gasteiger partial charge in [-0.25, -0.2) is 4.39 Å². The van der Waals surface area contributed by atoms with Crippen molar-refractivity contribution in [3.05, 3.63) is 57.1 Å². The first kappa shape index (κ1) is 15.1. The summed E-state index contributed by atoms with van der Waals surface area (Å²) in [5.74, 6) is -0.325. The molecule has 2 rings (SSSR count). The van der Waals surface area contributed by atoms with Gasteiger partial charge in [0.1, 0.15) is 5.82 Å². The lowest BCUT2D eigenvalue weighted by molar-refractivity contribution is 0.176. The number of aryl methyl sites for hydroxylation is 2. The van der Waals surface area contributed by atoms with E-state index >= 15 is 0 Å². The van der Waals surface area contributed by atoms with E-state index in [1.54, 1.807) is 12.1 Å². The highest BCUT2D eigenvalue weighted by atomic mass is 79.9. The Morgan fingerprint density at radius 3 is 2.80 bits per heavy atom. The van der Waals surface area contributed by atoms with Crippen LogP contribution in [0.25, 0.3) is 0 Å². The topological polar surface area (TPSA) is 46.0 Å². The van der Waals surface area contributed by atoms with E-state index in [-0.39, 0.29) is 5.82 Å². The lowest BCUT2D eigenvalue weighted by Gasteiger charge is -2.15. The molecule has 20 heavy (non-hydrogen) atoms. The van der Waals surface area contributed by atoms with Crippen molar-refractivity contribution in [3.8, 4) is 0 Å². The third-order valence-corrected chi connectivity index (χ3v) is 4.05. The Hall–Kier alpha value is -1.33. The van der Waals surface area contributed by atoms with Crippen molar-refractivity contribution < 1.29 is 9.50 Å². The van der Waals surface area contributed by atoms with Gasteiger partial charge in [0.2, 0.25) is 0 Å². The maximum Gasteiger partial charge on any atom is 0.137 e. The second-order valence-electron chi connectivity index (χ2n) is 4.67. The molecule has 0 spiro atoms. The number of halogens is 2. The van der Waals surface area contributed by atoms with Crippen LogP contribution in [0.4, 0.5) is 4.39 Å². The Morgan fingerprint density at radius 1 is 1.35 bits per heavy atom. The largest absolute Gasteiger partial charge is 0.388 e. The number of hydrogen-bond acceptors (Lipinski definition) is 3. The van der Waals surface area contributed by atoms with Crippen LogP contribution in [-0.2, 0) is 12.8 Å². The fourth-order valence-corrected chi connectivity index (χ4v) is 2.55. The molecule has 0 aliphatic heterocycles. The summed E-state index contributed by atoms with van der Waals surface area (Å²) < 4.78 is 13.9. The minimum atomic E-state index is -0.725. The Morgan fingerprint density at radius 2 is 2.10 bits per heavy atom. The Balaban J connectivity index is 2.30. The Kier molecular flexibility index (Phi) is 4.83. The third-order valence-electron chi connectivity index (χ3n) is 3.16. The van der Waals surface area contributed by atoms with Gasteiger partial charge >= 0.3 is 0 Å². The minimum absolute atomic E-state index is 0.325. The molecule has 0 saturated heterocycles. The van der Waals surface area contributed by atoms with E-state index in [9.17, 15) is 9.50 Å². The molecule has 0 aliphatic carbocycles. The molecule has 106 valence electrons. The molecule has 0 aliphatic rings. The normalized spacial score (nSPS) is 12.4. The number of benzene rings is 1. The van der Waals surface area contributed by atoms with Crippen LogP contribution in [0, 0.1) is 12.7 Å². The molecule has 1 aromatic heterocycles. The van der Waals surface area contributed by atoms with E-state index in [2.05, 4.69) is 26.1 Å². The quantitative estimate of drug-likeness (QED) is 0.927. The molecule has 1 atom stereocenters. The molecule has 0 fully saturated rings. The third kappa shape index (κ3) is 3.22. The van der Waals surface area contributed by atoms with Gasteiger partial charge in [-0.05, 0) is 47.0 Å². The number of aliphatic hydroxyl groups excluding tert-OH is 1. The first-order chi connectivity index (χ1) is 9.52. The van der Waals surface area contributed by atoms with Crippen LogP contribution < -0.4 is 0 Å². The predicted molar refractivity (Wildman–Crippen MR) is 78.9 cm³/mol. The summed E-state index contributed by atoms with van der Waals surface area (Å²) in [6, 6.07) is 6.65. The van der Waals surface area contributed by atoms with Gasteiger partial charge in [0.05, 0.1) is 22.0 Å². The predicted octanol–water partition coefficient (Wildman–Crippen LogP) is 3.53.